The highest BCUT2D eigenvalue weighted by Crippen LogP contribution is 2.22. The zero-order valence-electron chi connectivity index (χ0n) is 14.2. The Morgan fingerprint density at radius 3 is 2.79 bits per heavy atom. The van der Waals surface area contributed by atoms with Gasteiger partial charge in [-0.25, -0.2) is 5.06 Å². The minimum atomic E-state index is -0.113. The minimum absolute atomic E-state index is 0.0512. The van der Waals surface area contributed by atoms with Crippen molar-refractivity contribution in [2.24, 2.45) is 5.92 Å². The molecule has 0 bridgehead atoms. The second-order valence-corrected chi connectivity index (χ2v) is 6.65. The van der Waals surface area contributed by atoms with Gasteiger partial charge in [-0.2, -0.15) is 0 Å². The van der Waals surface area contributed by atoms with Gasteiger partial charge in [0.1, 0.15) is 0 Å². The molecule has 3 rings (SSSR count). The SMILES string of the molecule is O=C1CC[C@H](C(=O)N2CCCCO2)CN1CCCc1ccccc1. The van der Waals surface area contributed by atoms with E-state index in [0.29, 0.717) is 32.5 Å². The predicted octanol–water partition coefficient (Wildman–Crippen LogP) is 2.41. The molecule has 1 aromatic carbocycles. The maximum Gasteiger partial charge on any atom is 0.251 e. The van der Waals surface area contributed by atoms with Gasteiger partial charge in [-0.3, -0.25) is 14.4 Å². The molecule has 0 aromatic heterocycles. The normalized spacial score (nSPS) is 21.8. The van der Waals surface area contributed by atoms with E-state index in [1.807, 2.05) is 23.1 Å². The lowest BCUT2D eigenvalue weighted by Gasteiger charge is -2.35. The molecule has 2 heterocycles. The van der Waals surface area contributed by atoms with Gasteiger partial charge >= 0.3 is 0 Å². The van der Waals surface area contributed by atoms with Gasteiger partial charge in [-0.15, -0.1) is 0 Å². The second-order valence-electron chi connectivity index (χ2n) is 6.65. The maximum absolute atomic E-state index is 12.6. The Labute approximate surface area is 143 Å². The molecule has 1 atom stereocenters. The summed E-state index contributed by atoms with van der Waals surface area (Å²) in [5.41, 5.74) is 1.29. The fourth-order valence-corrected chi connectivity index (χ4v) is 3.43. The summed E-state index contributed by atoms with van der Waals surface area (Å²) in [6.45, 7) is 2.56. The summed E-state index contributed by atoms with van der Waals surface area (Å²) < 4.78 is 0. The van der Waals surface area contributed by atoms with Gasteiger partial charge in [-0.1, -0.05) is 30.3 Å². The third-order valence-corrected chi connectivity index (χ3v) is 4.83. The number of aryl methyl sites for hydroxylation is 1. The van der Waals surface area contributed by atoms with Crippen molar-refractivity contribution >= 4 is 11.8 Å². The van der Waals surface area contributed by atoms with Crippen LogP contribution in [-0.4, -0.2) is 48.0 Å². The van der Waals surface area contributed by atoms with Gasteiger partial charge in [0.15, 0.2) is 0 Å². The Bertz CT molecular complexity index is 555. The summed E-state index contributed by atoms with van der Waals surface area (Å²) in [5, 5.41) is 1.52. The fourth-order valence-electron chi connectivity index (χ4n) is 3.43. The minimum Gasteiger partial charge on any atom is -0.342 e. The van der Waals surface area contributed by atoms with E-state index < -0.39 is 0 Å². The summed E-state index contributed by atoms with van der Waals surface area (Å²) in [6, 6.07) is 10.3. The average molecular weight is 330 g/mol. The molecule has 0 radical (unpaired) electrons. The number of nitrogens with zero attached hydrogens (tertiary/aromatic N) is 2. The third-order valence-electron chi connectivity index (χ3n) is 4.83. The molecule has 0 unspecified atom stereocenters. The molecule has 0 N–H and O–H groups in total. The van der Waals surface area contributed by atoms with E-state index in [2.05, 4.69) is 12.1 Å². The standard InChI is InChI=1S/C19H26N2O3/c22-18-11-10-17(19(23)21-13-4-5-14-24-21)15-20(18)12-6-9-16-7-2-1-3-8-16/h1-3,7-8,17H,4-6,9-15H2/t17-/m0/s1. The van der Waals surface area contributed by atoms with Crippen LogP contribution in [0.2, 0.25) is 0 Å². The Hall–Kier alpha value is -1.88. The van der Waals surface area contributed by atoms with E-state index >= 15 is 0 Å². The van der Waals surface area contributed by atoms with Gasteiger partial charge in [0, 0.05) is 26.1 Å². The number of piperidine rings is 1. The highest BCUT2D eigenvalue weighted by Gasteiger charge is 2.33. The Kier molecular flexibility index (Phi) is 5.86. The highest BCUT2D eigenvalue weighted by atomic mass is 16.7. The van der Waals surface area contributed by atoms with Crippen molar-refractivity contribution in [3.63, 3.8) is 0 Å². The Morgan fingerprint density at radius 2 is 2.04 bits per heavy atom. The van der Waals surface area contributed by atoms with Gasteiger partial charge in [0.2, 0.25) is 5.91 Å². The molecule has 0 aliphatic carbocycles. The second kappa shape index (κ2) is 8.29. The highest BCUT2D eigenvalue weighted by molar-refractivity contribution is 5.83. The molecule has 5 heteroatoms. The molecular weight excluding hydrogens is 304 g/mol. The molecule has 2 saturated heterocycles. The van der Waals surface area contributed by atoms with E-state index in [1.165, 1.54) is 10.6 Å². The number of carbonyl (C=O) groups excluding carboxylic acids is 2. The quantitative estimate of drug-likeness (QED) is 0.833. The molecule has 130 valence electrons. The van der Waals surface area contributed by atoms with E-state index in [1.54, 1.807) is 0 Å². The third kappa shape index (κ3) is 4.35. The summed E-state index contributed by atoms with van der Waals surface area (Å²) in [5.74, 6) is 0.111. The van der Waals surface area contributed by atoms with Gasteiger partial charge < -0.3 is 4.90 Å². The van der Waals surface area contributed by atoms with Crippen molar-refractivity contribution in [1.29, 1.82) is 0 Å². The lowest BCUT2D eigenvalue weighted by atomic mass is 9.96. The van der Waals surface area contributed by atoms with E-state index in [0.717, 1.165) is 32.2 Å². The van der Waals surface area contributed by atoms with Crippen LogP contribution in [-0.2, 0) is 20.8 Å². The zero-order valence-corrected chi connectivity index (χ0v) is 14.2. The summed E-state index contributed by atoms with van der Waals surface area (Å²) in [4.78, 5) is 32.0. The summed E-state index contributed by atoms with van der Waals surface area (Å²) >= 11 is 0. The molecule has 0 saturated carbocycles. The lowest BCUT2D eigenvalue weighted by Crippen LogP contribution is -2.48. The van der Waals surface area contributed by atoms with Gasteiger partial charge in [0.25, 0.3) is 5.91 Å². The maximum atomic E-state index is 12.6. The van der Waals surface area contributed by atoms with Crippen molar-refractivity contribution in [3.8, 4) is 0 Å². The molecule has 2 amide bonds. The number of amides is 2. The van der Waals surface area contributed by atoms with Crippen molar-refractivity contribution in [2.75, 3.05) is 26.2 Å². The monoisotopic (exact) mass is 330 g/mol. The number of likely N-dealkylation sites (tertiary alicyclic amines) is 1. The zero-order chi connectivity index (χ0) is 16.8. The van der Waals surface area contributed by atoms with Crippen molar-refractivity contribution in [3.05, 3.63) is 35.9 Å². The largest absolute Gasteiger partial charge is 0.342 e. The van der Waals surface area contributed by atoms with Crippen LogP contribution < -0.4 is 0 Å². The molecule has 2 fully saturated rings. The van der Waals surface area contributed by atoms with Crippen LogP contribution in [0.25, 0.3) is 0 Å². The van der Waals surface area contributed by atoms with Crippen LogP contribution >= 0.6 is 0 Å². The average Bonchev–Trinajstić information content (AvgIpc) is 2.64. The number of hydroxylamine groups is 2. The van der Waals surface area contributed by atoms with Crippen LogP contribution in [0, 0.1) is 5.92 Å². The molecular formula is C19H26N2O3. The first kappa shape index (κ1) is 17.0. The van der Waals surface area contributed by atoms with E-state index in [9.17, 15) is 9.59 Å². The van der Waals surface area contributed by atoms with E-state index in [4.69, 9.17) is 4.84 Å². The molecule has 2 aliphatic heterocycles. The van der Waals surface area contributed by atoms with Crippen LogP contribution in [0.3, 0.4) is 0 Å². The van der Waals surface area contributed by atoms with E-state index in [-0.39, 0.29) is 17.7 Å². The first-order valence-electron chi connectivity index (χ1n) is 9.00. The number of benzene rings is 1. The van der Waals surface area contributed by atoms with Crippen molar-refractivity contribution < 1.29 is 14.4 Å². The number of rotatable bonds is 5. The number of carbonyl (C=O) groups is 2. The van der Waals surface area contributed by atoms with Crippen LogP contribution in [0.1, 0.15) is 37.7 Å². The first-order chi connectivity index (χ1) is 11.7. The van der Waals surface area contributed by atoms with Crippen molar-refractivity contribution in [1.82, 2.24) is 9.96 Å². The molecule has 5 nitrogen and oxygen atoms in total. The predicted molar refractivity (Wildman–Crippen MR) is 91.0 cm³/mol. The Balaban J connectivity index is 1.49. The topological polar surface area (TPSA) is 49.9 Å². The molecule has 1 aromatic rings. The Morgan fingerprint density at radius 1 is 1.21 bits per heavy atom. The summed E-state index contributed by atoms with van der Waals surface area (Å²) in [6.07, 6.45) is 5.01. The number of hydrogen-bond donors (Lipinski definition) is 0. The molecule has 24 heavy (non-hydrogen) atoms. The smallest absolute Gasteiger partial charge is 0.251 e. The van der Waals surface area contributed by atoms with Crippen LogP contribution in [0.15, 0.2) is 30.3 Å². The molecule has 0 spiro atoms. The summed E-state index contributed by atoms with van der Waals surface area (Å²) in [7, 11) is 0. The van der Waals surface area contributed by atoms with Crippen molar-refractivity contribution in [2.45, 2.75) is 38.5 Å². The van der Waals surface area contributed by atoms with Gasteiger partial charge in [-0.05, 0) is 37.7 Å². The van der Waals surface area contributed by atoms with Gasteiger partial charge in [0.05, 0.1) is 12.5 Å². The lowest BCUT2D eigenvalue weighted by molar-refractivity contribution is -0.202. The molecule has 2 aliphatic rings. The number of hydrogen-bond acceptors (Lipinski definition) is 3. The van der Waals surface area contributed by atoms with Crippen LogP contribution in [0.4, 0.5) is 0 Å². The van der Waals surface area contributed by atoms with Crippen LogP contribution in [0.5, 0.6) is 0 Å². The first-order valence-corrected chi connectivity index (χ1v) is 9.00. The fraction of sp³-hybridized carbons (Fsp3) is 0.579.